The number of esters is 1. The van der Waals surface area contributed by atoms with E-state index >= 15 is 0 Å². The Labute approximate surface area is 176 Å². The van der Waals surface area contributed by atoms with Gasteiger partial charge in [0.2, 0.25) is 0 Å². The number of methoxy groups -OCH3 is 1. The molecule has 0 saturated heterocycles. The van der Waals surface area contributed by atoms with Crippen LogP contribution in [0.3, 0.4) is 0 Å². The third-order valence-electron chi connectivity index (χ3n) is 3.47. The number of benzene rings is 2. The lowest BCUT2D eigenvalue weighted by Crippen LogP contribution is -2.27. The molecule has 0 bridgehead atoms. The number of halogens is 2. The topological polar surface area (TPSA) is 64.6 Å². The predicted molar refractivity (Wildman–Crippen MR) is 111 cm³/mol. The van der Waals surface area contributed by atoms with E-state index in [2.05, 4.69) is 26.0 Å². The summed E-state index contributed by atoms with van der Waals surface area (Å²) in [6.45, 7) is 5.34. The Hall–Kier alpha value is -2.06. The zero-order chi connectivity index (χ0) is 20.9. The molecule has 0 fully saturated rings. The molecule has 0 aromatic heterocycles. The maximum Gasteiger partial charge on any atom is 0.412 e. The summed E-state index contributed by atoms with van der Waals surface area (Å²) < 4.78 is 25.0. The Kier molecular flexibility index (Phi) is 7.48. The molecule has 1 amide bonds. The molecule has 5 nitrogen and oxygen atoms in total. The van der Waals surface area contributed by atoms with Gasteiger partial charge in [-0.15, -0.1) is 11.8 Å². The van der Waals surface area contributed by atoms with Crippen molar-refractivity contribution in [2.45, 2.75) is 37.0 Å². The molecular formula is C20H21BrFNO4S. The van der Waals surface area contributed by atoms with Gasteiger partial charge in [0.15, 0.2) is 0 Å². The lowest BCUT2D eigenvalue weighted by atomic mass is 10.1. The summed E-state index contributed by atoms with van der Waals surface area (Å²) in [5.74, 6) is -1.12. The molecule has 0 spiro atoms. The minimum absolute atomic E-state index is 0.138. The van der Waals surface area contributed by atoms with Gasteiger partial charge in [0.25, 0.3) is 0 Å². The molecule has 28 heavy (non-hydrogen) atoms. The Morgan fingerprint density at radius 2 is 1.86 bits per heavy atom. The van der Waals surface area contributed by atoms with E-state index in [0.717, 1.165) is 4.90 Å². The molecule has 0 atom stereocenters. The maximum atomic E-state index is 14.7. The quantitative estimate of drug-likeness (QED) is 0.428. The van der Waals surface area contributed by atoms with Crippen LogP contribution in [0.15, 0.2) is 45.8 Å². The van der Waals surface area contributed by atoms with Crippen molar-refractivity contribution in [3.63, 3.8) is 0 Å². The second-order valence-corrected chi connectivity index (χ2v) is 8.67. The van der Waals surface area contributed by atoms with Crippen LogP contribution in [0, 0.1) is 5.82 Å². The van der Waals surface area contributed by atoms with Gasteiger partial charge in [-0.25, -0.2) is 14.0 Å². The fourth-order valence-corrected chi connectivity index (χ4v) is 3.71. The van der Waals surface area contributed by atoms with Gasteiger partial charge >= 0.3 is 12.1 Å². The van der Waals surface area contributed by atoms with Gasteiger partial charge in [-0.1, -0.05) is 18.2 Å². The molecule has 2 rings (SSSR count). The number of rotatable bonds is 5. The standard InChI is InChI=1S/C20H21BrFNO4S/c1-20(2,3)27-19(25)23-14-7-5-6-8-15(14)28-11-12-9-10-13(21)16(17(12)22)18(24)26-4/h5-10H,11H2,1-4H3,(H,23,25). The van der Waals surface area contributed by atoms with Crippen LogP contribution >= 0.6 is 27.7 Å². The van der Waals surface area contributed by atoms with Gasteiger partial charge in [0, 0.05) is 15.1 Å². The number of thioether (sulfide) groups is 1. The van der Waals surface area contributed by atoms with Gasteiger partial charge in [-0.05, 0) is 60.5 Å². The number of anilines is 1. The first-order chi connectivity index (χ1) is 13.1. The van der Waals surface area contributed by atoms with Crippen molar-refractivity contribution in [2.75, 3.05) is 12.4 Å². The molecule has 2 aromatic rings. The summed E-state index contributed by atoms with van der Waals surface area (Å²) in [5, 5.41) is 2.71. The van der Waals surface area contributed by atoms with Crippen LogP contribution in [0.5, 0.6) is 0 Å². The van der Waals surface area contributed by atoms with E-state index in [1.165, 1.54) is 18.9 Å². The SMILES string of the molecule is COC(=O)c1c(Br)ccc(CSc2ccccc2NC(=O)OC(C)(C)C)c1F. The van der Waals surface area contributed by atoms with E-state index in [4.69, 9.17) is 4.74 Å². The number of amides is 1. The van der Waals surface area contributed by atoms with Crippen LogP contribution in [0.4, 0.5) is 14.9 Å². The van der Waals surface area contributed by atoms with E-state index in [-0.39, 0.29) is 11.3 Å². The summed E-state index contributed by atoms with van der Waals surface area (Å²) >= 11 is 4.50. The molecule has 0 radical (unpaired) electrons. The molecule has 8 heteroatoms. The molecule has 0 unspecified atom stereocenters. The Balaban J connectivity index is 2.18. The second-order valence-electron chi connectivity index (χ2n) is 6.80. The van der Waals surface area contributed by atoms with E-state index in [1.807, 2.05) is 12.1 Å². The number of hydrogen-bond donors (Lipinski definition) is 1. The van der Waals surface area contributed by atoms with Gasteiger partial charge in [-0.3, -0.25) is 5.32 Å². The smallest absolute Gasteiger partial charge is 0.412 e. The highest BCUT2D eigenvalue weighted by atomic mass is 79.9. The lowest BCUT2D eigenvalue weighted by Gasteiger charge is -2.20. The predicted octanol–water partition coefficient (Wildman–Crippen LogP) is 6.01. The summed E-state index contributed by atoms with van der Waals surface area (Å²) in [6, 6.07) is 10.4. The average molecular weight is 470 g/mol. The van der Waals surface area contributed by atoms with Gasteiger partial charge in [0.1, 0.15) is 17.0 Å². The van der Waals surface area contributed by atoms with Crippen LogP contribution in [0.2, 0.25) is 0 Å². The summed E-state index contributed by atoms with van der Waals surface area (Å²) in [4.78, 5) is 24.6. The van der Waals surface area contributed by atoms with Crippen LogP contribution in [-0.2, 0) is 15.2 Å². The highest BCUT2D eigenvalue weighted by molar-refractivity contribution is 9.10. The first-order valence-electron chi connectivity index (χ1n) is 8.39. The number of carbonyl (C=O) groups is 2. The first-order valence-corrected chi connectivity index (χ1v) is 10.2. The van der Waals surface area contributed by atoms with Gasteiger partial charge in [0.05, 0.1) is 12.8 Å². The zero-order valence-electron chi connectivity index (χ0n) is 16.0. The fraction of sp³-hybridized carbons (Fsp3) is 0.300. The molecule has 150 valence electrons. The van der Waals surface area contributed by atoms with Crippen molar-refractivity contribution < 1.29 is 23.5 Å². The maximum absolute atomic E-state index is 14.7. The fourth-order valence-electron chi connectivity index (χ4n) is 2.26. The molecule has 0 heterocycles. The molecular weight excluding hydrogens is 449 g/mol. The number of hydrogen-bond acceptors (Lipinski definition) is 5. The molecule has 0 aliphatic rings. The van der Waals surface area contributed by atoms with Crippen molar-refractivity contribution in [2.24, 2.45) is 0 Å². The van der Waals surface area contributed by atoms with Gasteiger partial charge < -0.3 is 9.47 Å². The molecule has 0 saturated carbocycles. The summed E-state index contributed by atoms with van der Waals surface area (Å²) in [6.07, 6.45) is -0.566. The van der Waals surface area contributed by atoms with E-state index in [1.54, 1.807) is 45.0 Å². The number of carbonyl (C=O) groups excluding carboxylic acids is 2. The Morgan fingerprint density at radius 3 is 2.50 bits per heavy atom. The van der Waals surface area contributed by atoms with Crippen molar-refractivity contribution in [1.82, 2.24) is 0 Å². The van der Waals surface area contributed by atoms with Crippen molar-refractivity contribution in [3.8, 4) is 0 Å². The largest absolute Gasteiger partial charge is 0.465 e. The summed E-state index contributed by atoms with van der Waals surface area (Å²) in [7, 11) is 1.20. The average Bonchev–Trinajstić information content (AvgIpc) is 2.60. The molecule has 0 aliphatic carbocycles. The molecule has 2 aromatic carbocycles. The minimum Gasteiger partial charge on any atom is -0.465 e. The first kappa shape index (κ1) is 22.2. The minimum atomic E-state index is -0.747. The Morgan fingerprint density at radius 1 is 1.18 bits per heavy atom. The molecule has 1 N–H and O–H groups in total. The summed E-state index contributed by atoms with van der Waals surface area (Å²) in [5.41, 5.74) is 0.158. The molecule has 0 aliphatic heterocycles. The van der Waals surface area contributed by atoms with Crippen molar-refractivity contribution >= 4 is 45.4 Å². The second kappa shape index (κ2) is 9.43. The van der Waals surface area contributed by atoms with Crippen LogP contribution < -0.4 is 5.32 Å². The third kappa shape index (κ3) is 5.97. The van der Waals surface area contributed by atoms with E-state index < -0.39 is 23.5 Å². The van der Waals surface area contributed by atoms with Gasteiger partial charge in [-0.2, -0.15) is 0 Å². The van der Waals surface area contributed by atoms with Crippen molar-refractivity contribution in [3.05, 3.63) is 57.8 Å². The monoisotopic (exact) mass is 469 g/mol. The number of nitrogens with one attached hydrogen (secondary N) is 1. The zero-order valence-corrected chi connectivity index (χ0v) is 18.4. The highest BCUT2D eigenvalue weighted by Crippen LogP contribution is 2.32. The third-order valence-corrected chi connectivity index (χ3v) is 5.25. The van der Waals surface area contributed by atoms with Crippen molar-refractivity contribution in [1.29, 1.82) is 0 Å². The van der Waals surface area contributed by atoms with E-state index in [9.17, 15) is 14.0 Å². The Bertz CT molecular complexity index is 883. The van der Waals surface area contributed by atoms with Crippen LogP contribution in [0.25, 0.3) is 0 Å². The van der Waals surface area contributed by atoms with Crippen LogP contribution in [-0.4, -0.2) is 24.8 Å². The highest BCUT2D eigenvalue weighted by Gasteiger charge is 2.20. The normalized spacial score (nSPS) is 11.1. The lowest BCUT2D eigenvalue weighted by molar-refractivity contribution is 0.0591. The van der Waals surface area contributed by atoms with Crippen LogP contribution in [0.1, 0.15) is 36.7 Å². The number of para-hydroxylation sites is 1. The van der Waals surface area contributed by atoms with E-state index in [0.29, 0.717) is 15.7 Å². The number of ether oxygens (including phenoxy) is 2.